The van der Waals surface area contributed by atoms with Crippen LogP contribution in [0, 0.1) is 0 Å². The molecular weight excluding hydrogens is 853 g/mol. The standard InChI is InChI=1S/C63H102O6/c1-4-7-10-13-16-19-22-25-28-30-31-33-36-38-41-44-47-50-53-56-62(65)68-59-60(69-63(66)57-54-51-48-45-42-39-34-27-24-21-18-15-12-9-6-3)58-67-61(64)55-52-49-46-43-40-37-35-32-29-26-23-20-17-14-11-8-5-2/h8-9,11-12,16-21,25-29,34-35,37,43,46,60H,4-7,10,13-15,22-24,30-33,36,38-42,44-45,47-59H2,1-3H3/b11-8-,12-9-,19-16-,20-17-,21-18-,28-25-,29-26-,34-27-,37-35-,46-43-/t60-/m1/s1. The van der Waals surface area contributed by atoms with Gasteiger partial charge in [-0.15, -0.1) is 0 Å². The van der Waals surface area contributed by atoms with Crippen LogP contribution in [0.3, 0.4) is 0 Å². The van der Waals surface area contributed by atoms with Gasteiger partial charge in [0, 0.05) is 19.3 Å². The van der Waals surface area contributed by atoms with Gasteiger partial charge >= 0.3 is 17.9 Å². The first-order chi connectivity index (χ1) is 34.0. The average molecular weight is 956 g/mol. The largest absolute Gasteiger partial charge is 0.462 e. The van der Waals surface area contributed by atoms with Crippen LogP contribution in [0.4, 0.5) is 0 Å². The van der Waals surface area contributed by atoms with Gasteiger partial charge in [-0.2, -0.15) is 0 Å². The summed E-state index contributed by atoms with van der Waals surface area (Å²) < 4.78 is 16.8. The second-order valence-electron chi connectivity index (χ2n) is 18.1. The fourth-order valence-electron chi connectivity index (χ4n) is 7.29. The molecule has 0 amide bonds. The quantitative estimate of drug-likeness (QED) is 0.0262. The zero-order valence-corrected chi connectivity index (χ0v) is 44.5. The highest BCUT2D eigenvalue weighted by atomic mass is 16.6. The Morgan fingerprint density at radius 3 is 0.942 bits per heavy atom. The molecule has 390 valence electrons. The molecule has 6 nitrogen and oxygen atoms in total. The van der Waals surface area contributed by atoms with Gasteiger partial charge < -0.3 is 14.2 Å². The fourth-order valence-corrected chi connectivity index (χ4v) is 7.29. The predicted molar refractivity (Wildman–Crippen MR) is 297 cm³/mol. The molecule has 0 aromatic rings. The normalized spacial score (nSPS) is 13.0. The van der Waals surface area contributed by atoms with Crippen molar-refractivity contribution in [3.05, 3.63) is 122 Å². The van der Waals surface area contributed by atoms with Crippen molar-refractivity contribution >= 4 is 17.9 Å². The molecule has 0 aromatic carbocycles. The van der Waals surface area contributed by atoms with Crippen LogP contribution in [0.15, 0.2) is 122 Å². The van der Waals surface area contributed by atoms with Crippen molar-refractivity contribution in [3.8, 4) is 0 Å². The number of ether oxygens (including phenoxy) is 3. The summed E-state index contributed by atoms with van der Waals surface area (Å²) in [6, 6.07) is 0. The van der Waals surface area contributed by atoms with E-state index in [1.165, 1.54) is 70.6 Å². The lowest BCUT2D eigenvalue weighted by molar-refractivity contribution is -0.167. The maximum absolute atomic E-state index is 12.8. The number of carbonyl (C=O) groups is 3. The number of hydrogen-bond acceptors (Lipinski definition) is 6. The molecule has 0 aromatic heterocycles. The van der Waals surface area contributed by atoms with Crippen LogP contribution in [0.1, 0.15) is 239 Å². The zero-order valence-electron chi connectivity index (χ0n) is 44.5. The van der Waals surface area contributed by atoms with Crippen molar-refractivity contribution in [1.82, 2.24) is 0 Å². The molecule has 0 aliphatic rings. The summed E-state index contributed by atoms with van der Waals surface area (Å²) in [6.45, 7) is 6.32. The molecule has 0 heterocycles. The molecule has 69 heavy (non-hydrogen) atoms. The van der Waals surface area contributed by atoms with Gasteiger partial charge in [-0.25, -0.2) is 0 Å². The summed E-state index contributed by atoms with van der Waals surface area (Å²) >= 11 is 0. The third kappa shape index (κ3) is 54.6. The molecule has 0 saturated carbocycles. The van der Waals surface area contributed by atoms with Crippen molar-refractivity contribution in [2.75, 3.05) is 13.2 Å². The Kier molecular flexibility index (Phi) is 53.0. The lowest BCUT2D eigenvalue weighted by atomic mass is 10.1. The van der Waals surface area contributed by atoms with E-state index in [0.717, 1.165) is 122 Å². The molecule has 0 rings (SSSR count). The van der Waals surface area contributed by atoms with Crippen LogP contribution in [0.5, 0.6) is 0 Å². The van der Waals surface area contributed by atoms with Gasteiger partial charge in [-0.1, -0.05) is 219 Å². The SMILES string of the molecule is CC/C=C\C/C=C\C/C=C\C/C=C\C/C=C\CCCC(=O)OC[C@H](COC(=O)CCCCCCCCCCC/C=C\C/C=C\CCCCC)OC(=O)CCCCCCC/C=C\C/C=C\C/C=C\CC. The average Bonchev–Trinajstić information content (AvgIpc) is 3.35. The maximum atomic E-state index is 12.8. The second-order valence-corrected chi connectivity index (χ2v) is 18.1. The first-order valence-electron chi connectivity index (χ1n) is 28.0. The summed E-state index contributed by atoms with van der Waals surface area (Å²) in [5.74, 6) is -0.993. The van der Waals surface area contributed by atoms with Crippen LogP contribution in [0.25, 0.3) is 0 Å². The van der Waals surface area contributed by atoms with Crippen LogP contribution in [0.2, 0.25) is 0 Å². The molecule has 0 saturated heterocycles. The number of rotatable bonds is 49. The van der Waals surface area contributed by atoms with E-state index in [2.05, 4.69) is 142 Å². The minimum Gasteiger partial charge on any atom is -0.462 e. The summed E-state index contributed by atoms with van der Waals surface area (Å²) in [5, 5.41) is 0. The van der Waals surface area contributed by atoms with Crippen molar-refractivity contribution in [2.24, 2.45) is 0 Å². The van der Waals surface area contributed by atoms with E-state index in [-0.39, 0.29) is 37.5 Å². The molecule has 0 radical (unpaired) electrons. The minimum atomic E-state index is -0.816. The summed E-state index contributed by atoms with van der Waals surface area (Å²) in [4.78, 5) is 38.1. The molecule has 0 spiro atoms. The Hall–Kier alpha value is -4.19. The summed E-state index contributed by atoms with van der Waals surface area (Å²) in [5.41, 5.74) is 0. The Labute approximate surface area is 424 Å². The van der Waals surface area contributed by atoms with E-state index in [1.807, 2.05) is 0 Å². The zero-order chi connectivity index (χ0) is 50.0. The highest BCUT2D eigenvalue weighted by molar-refractivity contribution is 5.71. The lowest BCUT2D eigenvalue weighted by Crippen LogP contribution is -2.30. The van der Waals surface area contributed by atoms with Crippen molar-refractivity contribution in [1.29, 1.82) is 0 Å². The molecule has 0 aliphatic heterocycles. The van der Waals surface area contributed by atoms with Crippen molar-refractivity contribution in [3.63, 3.8) is 0 Å². The van der Waals surface area contributed by atoms with Crippen molar-refractivity contribution < 1.29 is 28.6 Å². The van der Waals surface area contributed by atoms with Gasteiger partial charge in [0.1, 0.15) is 13.2 Å². The lowest BCUT2D eigenvalue weighted by Gasteiger charge is -2.18. The molecule has 1 atom stereocenters. The molecule has 6 heteroatoms. The number of carbonyl (C=O) groups excluding carboxylic acids is 3. The van der Waals surface area contributed by atoms with Crippen LogP contribution >= 0.6 is 0 Å². The van der Waals surface area contributed by atoms with E-state index < -0.39 is 6.10 Å². The van der Waals surface area contributed by atoms with E-state index in [4.69, 9.17) is 14.2 Å². The second kappa shape index (κ2) is 56.4. The Morgan fingerprint density at radius 1 is 0.304 bits per heavy atom. The van der Waals surface area contributed by atoms with Gasteiger partial charge in [0.05, 0.1) is 0 Å². The van der Waals surface area contributed by atoms with Crippen molar-refractivity contribution in [2.45, 2.75) is 245 Å². The predicted octanol–water partition coefficient (Wildman–Crippen LogP) is 18.9. The third-order valence-corrected chi connectivity index (χ3v) is 11.4. The first kappa shape index (κ1) is 64.8. The summed E-state index contributed by atoms with van der Waals surface area (Å²) in [7, 11) is 0. The molecule has 0 N–H and O–H groups in total. The number of unbranched alkanes of at least 4 members (excludes halogenated alkanes) is 18. The highest BCUT2D eigenvalue weighted by Gasteiger charge is 2.19. The number of allylic oxidation sites excluding steroid dienone is 20. The van der Waals surface area contributed by atoms with E-state index >= 15 is 0 Å². The van der Waals surface area contributed by atoms with Gasteiger partial charge in [-0.3, -0.25) is 14.4 Å². The highest BCUT2D eigenvalue weighted by Crippen LogP contribution is 2.14. The van der Waals surface area contributed by atoms with Gasteiger partial charge in [0.2, 0.25) is 0 Å². The maximum Gasteiger partial charge on any atom is 0.306 e. The van der Waals surface area contributed by atoms with E-state index in [1.54, 1.807) is 0 Å². The van der Waals surface area contributed by atoms with E-state index in [9.17, 15) is 14.4 Å². The van der Waals surface area contributed by atoms with Gasteiger partial charge in [0.25, 0.3) is 0 Å². The Balaban J connectivity index is 4.50. The monoisotopic (exact) mass is 955 g/mol. The number of hydrogen-bond donors (Lipinski definition) is 0. The van der Waals surface area contributed by atoms with Gasteiger partial charge in [0.15, 0.2) is 6.10 Å². The Bertz CT molecular complexity index is 1470. The van der Waals surface area contributed by atoms with Crippen LogP contribution in [-0.2, 0) is 28.6 Å². The van der Waals surface area contributed by atoms with Crippen LogP contribution in [-0.4, -0.2) is 37.2 Å². The minimum absolute atomic E-state index is 0.108. The Morgan fingerprint density at radius 2 is 0.580 bits per heavy atom. The molecule has 0 unspecified atom stereocenters. The van der Waals surface area contributed by atoms with Crippen LogP contribution < -0.4 is 0 Å². The van der Waals surface area contributed by atoms with Gasteiger partial charge in [-0.05, 0) is 122 Å². The fraction of sp³-hybridized carbons (Fsp3) is 0.635. The topological polar surface area (TPSA) is 78.9 Å². The third-order valence-electron chi connectivity index (χ3n) is 11.4. The smallest absolute Gasteiger partial charge is 0.306 e. The first-order valence-corrected chi connectivity index (χ1v) is 28.0. The molecule has 0 aliphatic carbocycles. The summed E-state index contributed by atoms with van der Waals surface area (Å²) in [6.07, 6.45) is 77.6. The molecule has 0 bridgehead atoms. The van der Waals surface area contributed by atoms with E-state index in [0.29, 0.717) is 19.3 Å². The number of esters is 3. The molecular formula is C63H102O6. The molecule has 0 fully saturated rings.